The molecule has 0 bridgehead atoms. The fourth-order valence-corrected chi connectivity index (χ4v) is 2.51. The molecule has 1 aromatic carbocycles. The van der Waals surface area contributed by atoms with Crippen LogP contribution in [0.5, 0.6) is 0 Å². The van der Waals surface area contributed by atoms with Crippen molar-refractivity contribution >= 4 is 5.82 Å². The number of nitrogens with one attached hydrogen (secondary N) is 1. The molecule has 1 fully saturated rings. The maximum atomic E-state index is 13.9. The summed E-state index contributed by atoms with van der Waals surface area (Å²) < 4.78 is 26.9. The van der Waals surface area contributed by atoms with Crippen LogP contribution in [0.2, 0.25) is 0 Å². The fraction of sp³-hybridized carbons (Fsp3) is 0.357. The van der Waals surface area contributed by atoms with Crippen molar-refractivity contribution in [2.75, 3.05) is 5.73 Å². The molecule has 0 amide bonds. The molecule has 0 saturated heterocycles. The second-order valence-electron chi connectivity index (χ2n) is 5.15. The number of aromatic nitrogens is 2. The zero-order valence-electron chi connectivity index (χ0n) is 10.6. The van der Waals surface area contributed by atoms with Gasteiger partial charge in [-0.05, 0) is 30.9 Å². The molecule has 1 aliphatic carbocycles. The Morgan fingerprint density at radius 2 is 2.11 bits per heavy atom. The van der Waals surface area contributed by atoms with E-state index >= 15 is 0 Å². The molecule has 3 rings (SSSR count). The van der Waals surface area contributed by atoms with Crippen LogP contribution in [-0.2, 0) is 0 Å². The van der Waals surface area contributed by atoms with Gasteiger partial charge in [0.05, 0.1) is 0 Å². The van der Waals surface area contributed by atoms with Crippen molar-refractivity contribution in [1.82, 2.24) is 10.2 Å². The van der Waals surface area contributed by atoms with Crippen LogP contribution in [0, 0.1) is 17.6 Å². The molecule has 3 nitrogen and oxygen atoms in total. The number of anilines is 1. The van der Waals surface area contributed by atoms with E-state index in [9.17, 15) is 8.78 Å². The van der Waals surface area contributed by atoms with E-state index in [1.54, 1.807) is 0 Å². The Labute approximate surface area is 109 Å². The summed E-state index contributed by atoms with van der Waals surface area (Å²) in [5.41, 5.74) is 7.54. The van der Waals surface area contributed by atoms with Gasteiger partial charge in [-0.15, -0.1) is 0 Å². The SMILES string of the molecule is CC(c1[nH]nc(N)c1-c1ccc(F)cc1F)C1CC1. The summed E-state index contributed by atoms with van der Waals surface area (Å²) in [6, 6.07) is 3.51. The lowest BCUT2D eigenvalue weighted by atomic mass is 9.94. The first-order chi connectivity index (χ1) is 9.08. The number of aromatic amines is 1. The van der Waals surface area contributed by atoms with Crippen LogP contribution in [0.25, 0.3) is 11.1 Å². The summed E-state index contributed by atoms with van der Waals surface area (Å²) in [7, 11) is 0. The van der Waals surface area contributed by atoms with Gasteiger partial charge in [0.15, 0.2) is 5.82 Å². The molecule has 1 aromatic heterocycles. The molecule has 1 heterocycles. The Morgan fingerprint density at radius 3 is 2.74 bits per heavy atom. The number of nitrogens with two attached hydrogens (primary N) is 1. The smallest absolute Gasteiger partial charge is 0.153 e. The van der Waals surface area contributed by atoms with Crippen LogP contribution >= 0.6 is 0 Å². The van der Waals surface area contributed by atoms with E-state index in [1.807, 2.05) is 0 Å². The summed E-state index contributed by atoms with van der Waals surface area (Å²) in [6.07, 6.45) is 2.34. The molecular formula is C14H15F2N3. The van der Waals surface area contributed by atoms with Crippen LogP contribution in [0.4, 0.5) is 14.6 Å². The third kappa shape index (κ3) is 2.09. The maximum Gasteiger partial charge on any atom is 0.153 e. The van der Waals surface area contributed by atoms with Gasteiger partial charge < -0.3 is 5.73 Å². The Morgan fingerprint density at radius 1 is 1.37 bits per heavy atom. The molecule has 2 aromatic rings. The number of rotatable bonds is 3. The van der Waals surface area contributed by atoms with Crippen molar-refractivity contribution in [1.29, 1.82) is 0 Å². The topological polar surface area (TPSA) is 54.7 Å². The maximum absolute atomic E-state index is 13.9. The van der Waals surface area contributed by atoms with Gasteiger partial charge in [-0.1, -0.05) is 6.92 Å². The fourth-order valence-electron chi connectivity index (χ4n) is 2.51. The van der Waals surface area contributed by atoms with Gasteiger partial charge in [0, 0.05) is 28.8 Å². The van der Waals surface area contributed by atoms with Crippen molar-refractivity contribution in [2.45, 2.75) is 25.7 Å². The van der Waals surface area contributed by atoms with Crippen molar-refractivity contribution in [3.8, 4) is 11.1 Å². The average molecular weight is 263 g/mol. The minimum atomic E-state index is -0.614. The molecule has 1 atom stereocenters. The first kappa shape index (κ1) is 12.1. The molecule has 100 valence electrons. The monoisotopic (exact) mass is 263 g/mol. The van der Waals surface area contributed by atoms with Crippen LogP contribution in [0.1, 0.15) is 31.4 Å². The summed E-state index contributed by atoms with van der Waals surface area (Å²) in [4.78, 5) is 0. The molecule has 0 aliphatic heterocycles. The minimum absolute atomic E-state index is 0.254. The predicted octanol–water partition coefficient (Wildman–Crippen LogP) is 3.45. The van der Waals surface area contributed by atoms with Gasteiger partial charge in [0.25, 0.3) is 0 Å². The number of hydrogen-bond donors (Lipinski definition) is 2. The standard InChI is InChI=1S/C14H15F2N3/c1-7(8-2-3-8)13-12(14(17)19-18-13)10-5-4-9(15)6-11(10)16/h4-8H,2-3H2,1H3,(H3,17,18,19). The Bertz CT molecular complexity index is 617. The molecule has 1 saturated carbocycles. The van der Waals surface area contributed by atoms with Crippen LogP contribution < -0.4 is 5.73 Å². The van der Waals surface area contributed by atoms with Gasteiger partial charge in [0.1, 0.15) is 11.6 Å². The zero-order valence-corrected chi connectivity index (χ0v) is 10.6. The number of nitrogens with zero attached hydrogens (tertiary/aromatic N) is 1. The van der Waals surface area contributed by atoms with E-state index in [1.165, 1.54) is 25.0 Å². The van der Waals surface area contributed by atoms with Crippen LogP contribution in [-0.4, -0.2) is 10.2 Å². The Kier molecular flexibility index (Phi) is 2.77. The summed E-state index contributed by atoms with van der Waals surface area (Å²) in [6.45, 7) is 2.08. The van der Waals surface area contributed by atoms with E-state index in [0.29, 0.717) is 17.0 Å². The van der Waals surface area contributed by atoms with Crippen molar-refractivity contribution in [3.05, 3.63) is 35.5 Å². The van der Waals surface area contributed by atoms with Gasteiger partial charge in [-0.3, -0.25) is 5.10 Å². The number of halogens is 2. The quantitative estimate of drug-likeness (QED) is 0.891. The molecular weight excluding hydrogens is 248 g/mol. The Balaban J connectivity index is 2.10. The van der Waals surface area contributed by atoms with Gasteiger partial charge in [-0.2, -0.15) is 5.10 Å². The third-order valence-corrected chi connectivity index (χ3v) is 3.81. The van der Waals surface area contributed by atoms with E-state index in [4.69, 9.17) is 5.73 Å². The molecule has 1 unspecified atom stereocenters. The van der Waals surface area contributed by atoms with Crippen molar-refractivity contribution < 1.29 is 8.78 Å². The van der Waals surface area contributed by atoms with Gasteiger partial charge in [0.2, 0.25) is 0 Å². The van der Waals surface area contributed by atoms with Gasteiger partial charge >= 0.3 is 0 Å². The van der Waals surface area contributed by atoms with E-state index in [0.717, 1.165) is 11.8 Å². The number of hydrogen-bond acceptors (Lipinski definition) is 2. The van der Waals surface area contributed by atoms with Crippen molar-refractivity contribution in [2.24, 2.45) is 5.92 Å². The average Bonchev–Trinajstić information content (AvgIpc) is 3.14. The number of benzene rings is 1. The van der Waals surface area contributed by atoms with E-state index in [-0.39, 0.29) is 11.7 Å². The largest absolute Gasteiger partial charge is 0.382 e. The number of H-pyrrole nitrogens is 1. The molecule has 19 heavy (non-hydrogen) atoms. The van der Waals surface area contributed by atoms with Crippen LogP contribution in [0.15, 0.2) is 18.2 Å². The van der Waals surface area contributed by atoms with Crippen molar-refractivity contribution in [3.63, 3.8) is 0 Å². The molecule has 0 spiro atoms. The highest BCUT2D eigenvalue weighted by Gasteiger charge is 2.32. The lowest BCUT2D eigenvalue weighted by Crippen LogP contribution is -2.00. The highest BCUT2D eigenvalue weighted by molar-refractivity contribution is 5.77. The molecule has 1 aliphatic rings. The third-order valence-electron chi connectivity index (χ3n) is 3.81. The highest BCUT2D eigenvalue weighted by atomic mass is 19.1. The zero-order chi connectivity index (χ0) is 13.6. The Hall–Kier alpha value is -1.91. The molecule has 0 radical (unpaired) electrons. The summed E-state index contributed by atoms with van der Waals surface area (Å²) >= 11 is 0. The summed E-state index contributed by atoms with van der Waals surface area (Å²) in [5.74, 6) is -0.100. The molecule has 5 heteroatoms. The lowest BCUT2D eigenvalue weighted by Gasteiger charge is -2.11. The second kappa shape index (κ2) is 4.33. The van der Waals surface area contributed by atoms with Crippen LogP contribution in [0.3, 0.4) is 0 Å². The normalized spacial score (nSPS) is 16.6. The summed E-state index contributed by atoms with van der Waals surface area (Å²) in [5, 5.41) is 6.88. The highest BCUT2D eigenvalue weighted by Crippen LogP contribution is 2.45. The first-order valence-electron chi connectivity index (χ1n) is 6.37. The minimum Gasteiger partial charge on any atom is -0.382 e. The van der Waals surface area contributed by atoms with E-state index < -0.39 is 11.6 Å². The van der Waals surface area contributed by atoms with Gasteiger partial charge in [-0.25, -0.2) is 8.78 Å². The second-order valence-corrected chi connectivity index (χ2v) is 5.15. The molecule has 3 N–H and O–H groups in total. The van der Waals surface area contributed by atoms with E-state index in [2.05, 4.69) is 17.1 Å². The first-order valence-corrected chi connectivity index (χ1v) is 6.37. The number of nitrogen functional groups attached to an aromatic ring is 1. The predicted molar refractivity (Wildman–Crippen MR) is 69.5 cm³/mol. The lowest BCUT2D eigenvalue weighted by molar-refractivity contribution is 0.585.